The van der Waals surface area contributed by atoms with Crippen LogP contribution in [0, 0.1) is 0 Å². The van der Waals surface area contributed by atoms with E-state index in [0.29, 0.717) is 6.16 Å². The van der Waals surface area contributed by atoms with Gasteiger partial charge in [0.25, 0.3) is 0 Å². The minimum Gasteiger partial charge on any atom is -0.389 e. The quantitative estimate of drug-likeness (QED) is 0.689. The summed E-state index contributed by atoms with van der Waals surface area (Å²) in [4.78, 5) is 0. The van der Waals surface area contributed by atoms with Crippen LogP contribution in [0.25, 0.3) is 0 Å². The first-order chi connectivity index (χ1) is 6.21. The van der Waals surface area contributed by atoms with E-state index in [1.165, 1.54) is 0 Å². The van der Waals surface area contributed by atoms with Gasteiger partial charge in [-0.2, -0.15) is 0 Å². The summed E-state index contributed by atoms with van der Waals surface area (Å²) >= 11 is 0. The van der Waals surface area contributed by atoms with Crippen molar-refractivity contribution >= 4 is 12.4 Å². The Morgan fingerprint density at radius 2 is 2.00 bits per heavy atom. The topological polar surface area (TPSA) is 37.3 Å². The second kappa shape index (κ2) is 3.13. The summed E-state index contributed by atoms with van der Waals surface area (Å²) in [6.07, 6.45) is 1.44. The highest BCUT2D eigenvalue weighted by molar-refractivity contribution is 7.74. The second-order valence-electron chi connectivity index (χ2n) is 3.22. The molecule has 1 aliphatic rings. The maximum Gasteiger partial charge on any atom is 0.139 e. The fourth-order valence-electron chi connectivity index (χ4n) is 1.51. The van der Waals surface area contributed by atoms with Crippen molar-refractivity contribution in [3.05, 3.63) is 42.2 Å². The van der Waals surface area contributed by atoms with Crippen molar-refractivity contribution in [2.24, 2.45) is 0 Å². The Balaban J connectivity index is 2.38. The van der Waals surface area contributed by atoms with E-state index in [-0.39, 0.29) is 0 Å². The highest BCUT2D eigenvalue weighted by Gasteiger charge is 2.28. The molecule has 0 fully saturated rings. The first kappa shape index (κ1) is 8.74. The van der Waals surface area contributed by atoms with Crippen molar-refractivity contribution in [3.63, 3.8) is 0 Å². The van der Waals surface area contributed by atoms with E-state index in [0.717, 1.165) is 5.30 Å². The number of benzene rings is 1. The Kier molecular flexibility index (Phi) is 2.10. The summed E-state index contributed by atoms with van der Waals surface area (Å²) in [5.41, 5.74) is 0. The van der Waals surface area contributed by atoms with Gasteiger partial charge in [-0.05, 0) is 5.82 Å². The smallest absolute Gasteiger partial charge is 0.139 e. The van der Waals surface area contributed by atoms with Gasteiger partial charge in [0.15, 0.2) is 0 Å². The Hall–Kier alpha value is -0.850. The molecular weight excluding hydrogens is 183 g/mol. The van der Waals surface area contributed by atoms with E-state index < -0.39 is 13.2 Å². The summed E-state index contributed by atoms with van der Waals surface area (Å²) in [6, 6.07) is 9.33. The minimum absolute atomic E-state index is 0.358. The summed E-state index contributed by atoms with van der Waals surface area (Å²) in [6.45, 7) is 0. The van der Waals surface area contributed by atoms with Crippen LogP contribution in [-0.2, 0) is 4.57 Å². The normalized spacial score (nSPS) is 32.2. The first-order valence-electron chi connectivity index (χ1n) is 4.22. The highest BCUT2D eigenvalue weighted by Crippen LogP contribution is 2.50. The van der Waals surface area contributed by atoms with Crippen LogP contribution in [0.2, 0.25) is 0 Å². The van der Waals surface area contributed by atoms with Gasteiger partial charge in [0.05, 0.1) is 6.10 Å². The number of rotatable bonds is 1. The molecular formula is C10H11O2P. The lowest BCUT2D eigenvalue weighted by atomic mass is 10.4. The first-order valence-corrected chi connectivity index (χ1v) is 6.19. The summed E-state index contributed by atoms with van der Waals surface area (Å²) in [7, 11) is -2.41. The molecule has 1 aromatic rings. The van der Waals surface area contributed by atoms with E-state index in [2.05, 4.69) is 0 Å². The summed E-state index contributed by atoms with van der Waals surface area (Å²) < 4.78 is 12.2. The molecule has 2 nitrogen and oxygen atoms in total. The van der Waals surface area contributed by atoms with Crippen molar-refractivity contribution < 1.29 is 9.67 Å². The van der Waals surface area contributed by atoms with Crippen molar-refractivity contribution in [3.8, 4) is 0 Å². The van der Waals surface area contributed by atoms with Gasteiger partial charge in [-0.15, -0.1) is 0 Å². The monoisotopic (exact) mass is 194 g/mol. The van der Waals surface area contributed by atoms with Gasteiger partial charge in [0, 0.05) is 11.5 Å². The van der Waals surface area contributed by atoms with E-state index >= 15 is 0 Å². The molecule has 0 radical (unpaired) electrons. The zero-order chi connectivity index (χ0) is 9.31. The Bertz CT molecular complexity index is 370. The lowest BCUT2D eigenvalue weighted by Crippen LogP contribution is -2.09. The predicted molar refractivity (Wildman–Crippen MR) is 53.7 cm³/mol. The fourth-order valence-corrected chi connectivity index (χ4v) is 3.85. The molecule has 0 aliphatic carbocycles. The molecule has 0 spiro atoms. The molecule has 1 heterocycles. The SMILES string of the molecule is O=[P@]1(c2ccccc2)C=CC(O)C1. The van der Waals surface area contributed by atoms with E-state index in [9.17, 15) is 9.67 Å². The molecule has 0 saturated heterocycles. The van der Waals surface area contributed by atoms with Crippen molar-refractivity contribution in [1.29, 1.82) is 0 Å². The molecule has 1 aliphatic heterocycles. The van der Waals surface area contributed by atoms with Crippen molar-refractivity contribution in [2.75, 3.05) is 6.16 Å². The van der Waals surface area contributed by atoms with Crippen molar-refractivity contribution in [2.45, 2.75) is 6.10 Å². The number of hydrogen-bond donors (Lipinski definition) is 1. The summed E-state index contributed by atoms with van der Waals surface area (Å²) in [5.74, 6) is 1.66. The number of hydrogen-bond acceptors (Lipinski definition) is 2. The molecule has 0 bridgehead atoms. The van der Waals surface area contributed by atoms with Crippen LogP contribution in [0.4, 0.5) is 0 Å². The average molecular weight is 194 g/mol. The molecule has 13 heavy (non-hydrogen) atoms. The molecule has 0 aromatic heterocycles. The van der Waals surface area contributed by atoms with E-state index in [1.807, 2.05) is 30.3 Å². The maximum atomic E-state index is 12.2. The second-order valence-corrected chi connectivity index (χ2v) is 5.99. The number of aliphatic hydroxyl groups excluding tert-OH is 1. The molecule has 2 atom stereocenters. The Morgan fingerprint density at radius 1 is 1.31 bits per heavy atom. The fraction of sp³-hybridized carbons (Fsp3) is 0.200. The largest absolute Gasteiger partial charge is 0.389 e. The van der Waals surface area contributed by atoms with Crippen LogP contribution in [-0.4, -0.2) is 17.4 Å². The molecule has 1 unspecified atom stereocenters. The van der Waals surface area contributed by atoms with Gasteiger partial charge < -0.3 is 9.67 Å². The third kappa shape index (κ3) is 1.60. The predicted octanol–water partition coefficient (Wildman–Crippen LogP) is 1.56. The van der Waals surface area contributed by atoms with Crippen LogP contribution in [0.15, 0.2) is 42.2 Å². The van der Waals surface area contributed by atoms with Gasteiger partial charge in [-0.1, -0.05) is 36.4 Å². The van der Waals surface area contributed by atoms with Gasteiger partial charge in [-0.3, -0.25) is 0 Å². The Morgan fingerprint density at radius 3 is 2.54 bits per heavy atom. The van der Waals surface area contributed by atoms with Gasteiger partial charge in [-0.25, -0.2) is 0 Å². The Labute approximate surface area is 77.3 Å². The standard InChI is InChI=1S/C10H11O2P/c11-9-6-7-13(12,8-9)10-4-2-1-3-5-10/h1-7,9,11H,8H2/t9?,13-/m1/s1. The van der Waals surface area contributed by atoms with E-state index in [1.54, 1.807) is 11.9 Å². The average Bonchev–Trinajstić information content (AvgIpc) is 2.49. The minimum atomic E-state index is -2.41. The molecule has 3 heteroatoms. The number of aliphatic hydroxyl groups is 1. The highest BCUT2D eigenvalue weighted by atomic mass is 31.2. The van der Waals surface area contributed by atoms with Crippen LogP contribution < -0.4 is 5.30 Å². The lowest BCUT2D eigenvalue weighted by Gasteiger charge is -2.09. The third-order valence-electron chi connectivity index (χ3n) is 2.20. The molecule has 2 rings (SSSR count). The van der Waals surface area contributed by atoms with Crippen molar-refractivity contribution in [1.82, 2.24) is 0 Å². The van der Waals surface area contributed by atoms with E-state index in [4.69, 9.17) is 0 Å². The van der Waals surface area contributed by atoms with Crippen LogP contribution >= 0.6 is 7.14 Å². The van der Waals surface area contributed by atoms with Crippen LogP contribution in [0.1, 0.15) is 0 Å². The molecule has 1 aromatic carbocycles. The van der Waals surface area contributed by atoms with Crippen LogP contribution in [0.5, 0.6) is 0 Å². The van der Waals surface area contributed by atoms with Gasteiger partial charge >= 0.3 is 0 Å². The molecule has 68 valence electrons. The molecule has 1 N–H and O–H groups in total. The van der Waals surface area contributed by atoms with Crippen LogP contribution in [0.3, 0.4) is 0 Å². The van der Waals surface area contributed by atoms with Gasteiger partial charge in [0.2, 0.25) is 0 Å². The maximum absolute atomic E-state index is 12.2. The summed E-state index contributed by atoms with van der Waals surface area (Å²) in [5, 5.41) is 10.1. The molecule has 0 saturated carbocycles. The van der Waals surface area contributed by atoms with Gasteiger partial charge in [0.1, 0.15) is 7.14 Å². The zero-order valence-electron chi connectivity index (χ0n) is 7.13. The lowest BCUT2D eigenvalue weighted by molar-refractivity contribution is 0.249. The molecule has 0 amide bonds. The third-order valence-corrected chi connectivity index (χ3v) is 4.94. The zero-order valence-corrected chi connectivity index (χ0v) is 8.02.